The van der Waals surface area contributed by atoms with Gasteiger partial charge in [-0.05, 0) is 11.8 Å². The summed E-state index contributed by atoms with van der Waals surface area (Å²) >= 11 is 0. The summed E-state index contributed by atoms with van der Waals surface area (Å²) in [6.45, 7) is 6.98. The first-order valence-corrected chi connectivity index (χ1v) is 6.45. The lowest BCUT2D eigenvalue weighted by Crippen LogP contribution is -2.43. The van der Waals surface area contributed by atoms with Crippen LogP contribution in [0.1, 0.15) is 34.1 Å². The maximum atomic E-state index is 11.5. The Morgan fingerprint density at radius 2 is 1.87 bits per heavy atom. The lowest BCUT2D eigenvalue weighted by Gasteiger charge is -2.20. The van der Waals surface area contributed by atoms with Gasteiger partial charge in [-0.2, -0.15) is 0 Å². The van der Waals surface area contributed by atoms with Crippen LogP contribution in [0.4, 0.5) is 0 Å². The number of rotatable bonds is 5. The summed E-state index contributed by atoms with van der Waals surface area (Å²) in [5, 5.41) is 8.71. The molecule has 0 aliphatic carbocycles. The number of sulfonamides is 1. The summed E-state index contributed by atoms with van der Waals surface area (Å²) in [4.78, 5) is 10.6. The zero-order valence-electron chi connectivity index (χ0n) is 9.57. The van der Waals surface area contributed by atoms with Crippen molar-refractivity contribution >= 4 is 16.0 Å². The van der Waals surface area contributed by atoms with Crippen LogP contribution in [-0.4, -0.2) is 31.3 Å². The third-order valence-electron chi connectivity index (χ3n) is 1.65. The summed E-state index contributed by atoms with van der Waals surface area (Å²) in [5.74, 6) is -1.22. The molecule has 6 heteroatoms. The summed E-state index contributed by atoms with van der Waals surface area (Å²) in [6.07, 6.45) is 0.235. The highest BCUT2D eigenvalue weighted by Crippen LogP contribution is 2.15. The molecule has 0 aromatic carbocycles. The van der Waals surface area contributed by atoms with E-state index < -0.39 is 22.0 Å². The van der Waals surface area contributed by atoms with Crippen molar-refractivity contribution in [2.24, 2.45) is 5.41 Å². The number of carboxylic acids is 1. The van der Waals surface area contributed by atoms with Crippen LogP contribution < -0.4 is 4.72 Å². The van der Waals surface area contributed by atoms with Crippen molar-refractivity contribution in [2.75, 3.05) is 5.75 Å². The monoisotopic (exact) mass is 237 g/mol. The SMILES string of the molecule is CCC(NS(=O)(=O)CC(C)(C)C)C(=O)O. The van der Waals surface area contributed by atoms with E-state index in [4.69, 9.17) is 5.11 Å². The van der Waals surface area contributed by atoms with E-state index in [0.717, 1.165) is 0 Å². The zero-order valence-corrected chi connectivity index (χ0v) is 10.4. The summed E-state index contributed by atoms with van der Waals surface area (Å²) < 4.78 is 25.3. The topological polar surface area (TPSA) is 83.5 Å². The average Bonchev–Trinajstić information content (AvgIpc) is 1.94. The molecule has 0 aliphatic heterocycles. The molecule has 2 N–H and O–H groups in total. The van der Waals surface area contributed by atoms with Crippen molar-refractivity contribution in [2.45, 2.75) is 40.2 Å². The molecule has 0 amide bonds. The number of hydrogen-bond acceptors (Lipinski definition) is 3. The smallest absolute Gasteiger partial charge is 0.321 e. The minimum atomic E-state index is -3.53. The number of hydrogen-bond donors (Lipinski definition) is 2. The molecule has 0 saturated carbocycles. The largest absolute Gasteiger partial charge is 0.480 e. The highest BCUT2D eigenvalue weighted by Gasteiger charge is 2.26. The van der Waals surface area contributed by atoms with Gasteiger partial charge < -0.3 is 5.11 Å². The standard InChI is InChI=1S/C9H19NO4S/c1-5-7(8(11)12)10-15(13,14)6-9(2,3)4/h7,10H,5-6H2,1-4H3,(H,11,12). The Bertz CT molecular complexity index is 315. The molecule has 0 aliphatic rings. The second-order valence-corrected chi connectivity index (χ2v) is 6.49. The Labute approximate surface area is 90.9 Å². The molecular weight excluding hydrogens is 218 g/mol. The Morgan fingerprint density at radius 1 is 1.40 bits per heavy atom. The van der Waals surface area contributed by atoms with Crippen LogP contribution in [0.15, 0.2) is 0 Å². The van der Waals surface area contributed by atoms with E-state index in [2.05, 4.69) is 4.72 Å². The van der Waals surface area contributed by atoms with Gasteiger partial charge in [0.1, 0.15) is 6.04 Å². The highest BCUT2D eigenvalue weighted by atomic mass is 32.2. The van der Waals surface area contributed by atoms with Gasteiger partial charge in [0.25, 0.3) is 0 Å². The molecule has 0 radical (unpaired) electrons. The lowest BCUT2D eigenvalue weighted by molar-refractivity contribution is -0.139. The maximum absolute atomic E-state index is 11.5. The van der Waals surface area contributed by atoms with E-state index in [9.17, 15) is 13.2 Å². The molecule has 0 rings (SSSR count). The molecule has 0 heterocycles. The Hall–Kier alpha value is -0.620. The van der Waals surface area contributed by atoms with E-state index in [1.165, 1.54) is 0 Å². The second kappa shape index (κ2) is 4.94. The molecule has 0 spiro atoms. The Morgan fingerprint density at radius 3 is 2.13 bits per heavy atom. The molecule has 5 nitrogen and oxygen atoms in total. The predicted molar refractivity (Wildman–Crippen MR) is 58.1 cm³/mol. The first-order valence-electron chi connectivity index (χ1n) is 4.80. The van der Waals surface area contributed by atoms with Gasteiger partial charge in [0.05, 0.1) is 5.75 Å². The van der Waals surface area contributed by atoms with E-state index in [1.54, 1.807) is 27.7 Å². The molecule has 15 heavy (non-hydrogen) atoms. The third-order valence-corrected chi connectivity index (χ3v) is 3.54. The predicted octanol–water partition coefficient (Wildman–Crippen LogP) is 0.815. The minimum Gasteiger partial charge on any atom is -0.480 e. The molecular formula is C9H19NO4S. The van der Waals surface area contributed by atoms with Gasteiger partial charge in [0.2, 0.25) is 10.0 Å². The third kappa shape index (κ3) is 6.46. The number of carboxylic acid groups (broad SMARTS) is 1. The number of nitrogens with one attached hydrogen (secondary N) is 1. The van der Waals surface area contributed by atoms with E-state index in [0.29, 0.717) is 0 Å². The van der Waals surface area contributed by atoms with Crippen molar-refractivity contribution in [3.8, 4) is 0 Å². The van der Waals surface area contributed by atoms with E-state index in [-0.39, 0.29) is 17.6 Å². The molecule has 0 aromatic heterocycles. The van der Waals surface area contributed by atoms with Gasteiger partial charge in [-0.15, -0.1) is 0 Å². The van der Waals surface area contributed by atoms with Gasteiger partial charge in [-0.25, -0.2) is 13.1 Å². The van der Waals surface area contributed by atoms with Crippen LogP contribution in [0.5, 0.6) is 0 Å². The molecule has 1 atom stereocenters. The fourth-order valence-electron chi connectivity index (χ4n) is 1.14. The summed E-state index contributed by atoms with van der Waals surface area (Å²) in [5.41, 5.74) is -0.386. The first-order chi connectivity index (χ1) is 6.57. The maximum Gasteiger partial charge on any atom is 0.321 e. The molecule has 1 unspecified atom stereocenters. The minimum absolute atomic E-state index is 0.0796. The Balaban J connectivity index is 4.57. The van der Waals surface area contributed by atoms with E-state index in [1.807, 2.05) is 0 Å². The Kier molecular flexibility index (Phi) is 4.73. The number of aliphatic carboxylic acids is 1. The van der Waals surface area contributed by atoms with Crippen molar-refractivity contribution in [1.82, 2.24) is 4.72 Å². The molecule has 90 valence electrons. The van der Waals surface area contributed by atoms with Crippen molar-refractivity contribution in [3.05, 3.63) is 0 Å². The van der Waals surface area contributed by atoms with Gasteiger partial charge in [-0.3, -0.25) is 4.79 Å². The fourth-order valence-corrected chi connectivity index (χ4v) is 3.06. The molecule has 0 fully saturated rings. The van der Waals surface area contributed by atoms with Crippen molar-refractivity contribution in [3.63, 3.8) is 0 Å². The quantitative estimate of drug-likeness (QED) is 0.741. The van der Waals surface area contributed by atoms with Crippen LogP contribution in [0.25, 0.3) is 0 Å². The van der Waals surface area contributed by atoms with Crippen molar-refractivity contribution in [1.29, 1.82) is 0 Å². The summed E-state index contributed by atoms with van der Waals surface area (Å²) in [7, 11) is -3.53. The van der Waals surface area contributed by atoms with Gasteiger partial charge in [0.15, 0.2) is 0 Å². The first kappa shape index (κ1) is 14.4. The molecule has 0 bridgehead atoms. The molecule has 0 saturated heterocycles. The van der Waals surface area contributed by atoms with Gasteiger partial charge in [-0.1, -0.05) is 27.7 Å². The number of carbonyl (C=O) groups is 1. The summed E-state index contributed by atoms with van der Waals surface area (Å²) in [6, 6.07) is -1.03. The zero-order chi connectivity index (χ0) is 12.3. The normalized spacial score (nSPS) is 14.9. The average molecular weight is 237 g/mol. The van der Waals surface area contributed by atoms with Crippen LogP contribution in [0.3, 0.4) is 0 Å². The van der Waals surface area contributed by atoms with Gasteiger partial charge in [0, 0.05) is 0 Å². The van der Waals surface area contributed by atoms with Crippen LogP contribution in [0, 0.1) is 5.41 Å². The fraction of sp³-hybridized carbons (Fsp3) is 0.889. The lowest BCUT2D eigenvalue weighted by atomic mass is 10.0. The highest BCUT2D eigenvalue weighted by molar-refractivity contribution is 7.89. The van der Waals surface area contributed by atoms with E-state index >= 15 is 0 Å². The second-order valence-electron chi connectivity index (χ2n) is 4.74. The molecule has 0 aromatic rings. The van der Waals surface area contributed by atoms with Crippen LogP contribution in [-0.2, 0) is 14.8 Å². The van der Waals surface area contributed by atoms with Crippen molar-refractivity contribution < 1.29 is 18.3 Å². The van der Waals surface area contributed by atoms with Crippen LogP contribution in [0.2, 0.25) is 0 Å². The van der Waals surface area contributed by atoms with Crippen LogP contribution >= 0.6 is 0 Å². The van der Waals surface area contributed by atoms with Gasteiger partial charge >= 0.3 is 5.97 Å².